The summed E-state index contributed by atoms with van der Waals surface area (Å²) in [6.45, 7) is 2.39. The van der Waals surface area contributed by atoms with Crippen LogP contribution < -0.4 is 4.74 Å². The molecule has 0 unspecified atom stereocenters. The molecule has 0 spiro atoms. The summed E-state index contributed by atoms with van der Waals surface area (Å²) in [6, 6.07) is 5.71. The minimum absolute atomic E-state index is 0.222. The Morgan fingerprint density at radius 3 is 3.00 bits per heavy atom. The van der Waals surface area contributed by atoms with Crippen molar-refractivity contribution in [2.75, 3.05) is 6.61 Å². The number of Topliss-reactive ketones (excluding diaryl/α,β-unsaturated/α-hetero) is 1. The Kier molecular flexibility index (Phi) is 3.26. The van der Waals surface area contributed by atoms with Gasteiger partial charge in [-0.25, -0.2) is 0 Å². The highest BCUT2D eigenvalue weighted by molar-refractivity contribution is 6.00. The normalized spacial score (nSPS) is 12.9. The van der Waals surface area contributed by atoms with Crippen molar-refractivity contribution in [3.8, 4) is 17.6 Å². The topological polar surface area (TPSA) is 26.3 Å². The van der Waals surface area contributed by atoms with Gasteiger partial charge in [0, 0.05) is 18.4 Å². The highest BCUT2D eigenvalue weighted by atomic mass is 16.5. The zero-order chi connectivity index (χ0) is 11.4. The van der Waals surface area contributed by atoms with Gasteiger partial charge in [0.2, 0.25) is 0 Å². The molecule has 1 aromatic rings. The molecular formula is C14H14O2. The van der Waals surface area contributed by atoms with E-state index in [1.165, 1.54) is 0 Å². The minimum Gasteiger partial charge on any atom is -0.481 e. The molecule has 0 aliphatic heterocycles. The first kappa shape index (κ1) is 10.8. The highest BCUT2D eigenvalue weighted by Crippen LogP contribution is 2.25. The van der Waals surface area contributed by atoms with Crippen LogP contribution in [0.2, 0.25) is 0 Å². The van der Waals surface area contributed by atoms with Crippen molar-refractivity contribution >= 4 is 5.78 Å². The number of ketones is 1. The van der Waals surface area contributed by atoms with Crippen molar-refractivity contribution in [1.82, 2.24) is 0 Å². The molecular weight excluding hydrogens is 200 g/mol. The molecule has 0 radical (unpaired) electrons. The molecule has 0 amide bonds. The monoisotopic (exact) mass is 214 g/mol. The van der Waals surface area contributed by atoms with Crippen molar-refractivity contribution in [3.63, 3.8) is 0 Å². The van der Waals surface area contributed by atoms with Gasteiger partial charge in [-0.15, -0.1) is 5.92 Å². The van der Waals surface area contributed by atoms with Gasteiger partial charge in [0.1, 0.15) is 12.4 Å². The second kappa shape index (κ2) is 4.85. The Bertz CT molecular complexity index is 463. The minimum atomic E-state index is 0.222. The van der Waals surface area contributed by atoms with E-state index in [0.29, 0.717) is 13.0 Å². The third kappa shape index (κ3) is 2.25. The average Bonchev–Trinajstić information content (AvgIpc) is 2.67. The van der Waals surface area contributed by atoms with Crippen LogP contribution in [-0.2, 0) is 6.42 Å². The lowest BCUT2D eigenvalue weighted by atomic mass is 10.1. The largest absolute Gasteiger partial charge is 0.481 e. The van der Waals surface area contributed by atoms with Gasteiger partial charge in [-0.3, -0.25) is 4.79 Å². The van der Waals surface area contributed by atoms with Crippen LogP contribution in [0, 0.1) is 11.8 Å². The quantitative estimate of drug-likeness (QED) is 0.707. The second-order valence-electron chi connectivity index (χ2n) is 3.74. The summed E-state index contributed by atoms with van der Waals surface area (Å²) in [7, 11) is 0. The summed E-state index contributed by atoms with van der Waals surface area (Å²) in [5, 5.41) is 0. The van der Waals surface area contributed by atoms with Crippen LogP contribution in [-0.4, -0.2) is 12.4 Å². The molecule has 0 aromatic heterocycles. The van der Waals surface area contributed by atoms with Crippen LogP contribution in [0.15, 0.2) is 18.2 Å². The van der Waals surface area contributed by atoms with Crippen LogP contribution >= 0.6 is 0 Å². The summed E-state index contributed by atoms with van der Waals surface area (Å²) in [5.74, 6) is 6.80. The number of carbonyl (C=O) groups is 1. The average molecular weight is 214 g/mol. The first-order valence-corrected chi connectivity index (χ1v) is 5.56. The maximum absolute atomic E-state index is 11.5. The van der Waals surface area contributed by atoms with Gasteiger partial charge >= 0.3 is 0 Å². The SMILES string of the molecule is CCC#CCOc1ccc2c(c1)C(=O)CC2. The number of rotatable bonds is 2. The molecule has 0 heterocycles. The second-order valence-corrected chi connectivity index (χ2v) is 3.74. The van der Waals surface area contributed by atoms with Gasteiger partial charge in [0.15, 0.2) is 5.78 Å². The van der Waals surface area contributed by atoms with Gasteiger partial charge in [-0.05, 0) is 24.1 Å². The van der Waals surface area contributed by atoms with Gasteiger partial charge in [0.25, 0.3) is 0 Å². The van der Waals surface area contributed by atoms with Crippen LogP contribution in [0.25, 0.3) is 0 Å². The van der Waals surface area contributed by atoms with E-state index < -0.39 is 0 Å². The fraction of sp³-hybridized carbons (Fsp3) is 0.357. The fourth-order valence-corrected chi connectivity index (χ4v) is 1.80. The Hall–Kier alpha value is -1.75. The Labute approximate surface area is 95.6 Å². The van der Waals surface area contributed by atoms with Gasteiger partial charge in [0.05, 0.1) is 0 Å². The lowest BCUT2D eigenvalue weighted by Crippen LogP contribution is -1.97. The first-order valence-electron chi connectivity index (χ1n) is 5.56. The molecule has 0 bridgehead atoms. The van der Waals surface area contributed by atoms with Crippen molar-refractivity contribution < 1.29 is 9.53 Å². The standard InChI is InChI=1S/C14H14O2/c1-2-3-4-9-16-12-7-5-11-6-8-14(15)13(11)10-12/h5,7,10H,2,6,8-9H2,1H3. The number of hydrogen-bond donors (Lipinski definition) is 0. The molecule has 0 atom stereocenters. The Morgan fingerprint density at radius 1 is 1.31 bits per heavy atom. The summed E-state index contributed by atoms with van der Waals surface area (Å²) in [4.78, 5) is 11.5. The lowest BCUT2D eigenvalue weighted by molar-refractivity contribution is 0.0994. The predicted molar refractivity (Wildman–Crippen MR) is 62.7 cm³/mol. The molecule has 2 rings (SSSR count). The number of aryl methyl sites for hydroxylation is 1. The van der Waals surface area contributed by atoms with Gasteiger partial charge in [-0.2, -0.15) is 0 Å². The third-order valence-electron chi connectivity index (χ3n) is 2.62. The van der Waals surface area contributed by atoms with Crippen LogP contribution in [0.4, 0.5) is 0 Å². The van der Waals surface area contributed by atoms with Gasteiger partial charge < -0.3 is 4.74 Å². The summed E-state index contributed by atoms with van der Waals surface area (Å²) in [6.07, 6.45) is 2.34. The van der Waals surface area contributed by atoms with E-state index in [1.54, 1.807) is 0 Å². The number of ether oxygens (including phenoxy) is 1. The molecule has 0 fully saturated rings. The molecule has 0 saturated carbocycles. The van der Waals surface area contributed by atoms with E-state index in [0.717, 1.165) is 29.7 Å². The smallest absolute Gasteiger partial charge is 0.163 e. The zero-order valence-electron chi connectivity index (χ0n) is 9.38. The van der Waals surface area contributed by atoms with Crippen molar-refractivity contribution in [2.45, 2.75) is 26.2 Å². The lowest BCUT2D eigenvalue weighted by Gasteiger charge is -2.04. The zero-order valence-corrected chi connectivity index (χ0v) is 9.38. The fourth-order valence-electron chi connectivity index (χ4n) is 1.80. The maximum atomic E-state index is 11.5. The van der Waals surface area contributed by atoms with E-state index >= 15 is 0 Å². The third-order valence-corrected chi connectivity index (χ3v) is 2.62. The molecule has 2 nitrogen and oxygen atoms in total. The number of hydrogen-bond acceptors (Lipinski definition) is 2. The highest BCUT2D eigenvalue weighted by Gasteiger charge is 2.19. The van der Waals surface area contributed by atoms with E-state index in [-0.39, 0.29) is 5.78 Å². The van der Waals surface area contributed by atoms with Crippen molar-refractivity contribution in [3.05, 3.63) is 29.3 Å². The molecule has 82 valence electrons. The molecule has 1 aliphatic rings. The van der Waals surface area contributed by atoms with E-state index in [9.17, 15) is 4.79 Å². The van der Waals surface area contributed by atoms with Gasteiger partial charge in [-0.1, -0.05) is 18.9 Å². The number of carbonyl (C=O) groups excluding carboxylic acids is 1. The molecule has 2 heteroatoms. The number of fused-ring (bicyclic) bond motifs is 1. The maximum Gasteiger partial charge on any atom is 0.163 e. The Balaban J connectivity index is 2.07. The summed E-state index contributed by atoms with van der Waals surface area (Å²) < 4.78 is 5.46. The molecule has 0 saturated heterocycles. The summed E-state index contributed by atoms with van der Waals surface area (Å²) in [5.41, 5.74) is 1.96. The predicted octanol–water partition coefficient (Wildman–Crippen LogP) is 2.61. The molecule has 0 N–H and O–H groups in total. The molecule has 1 aliphatic carbocycles. The van der Waals surface area contributed by atoms with Crippen LogP contribution in [0.3, 0.4) is 0 Å². The summed E-state index contributed by atoms with van der Waals surface area (Å²) >= 11 is 0. The van der Waals surface area contributed by atoms with E-state index in [1.807, 2.05) is 25.1 Å². The molecule has 1 aromatic carbocycles. The van der Waals surface area contributed by atoms with Crippen molar-refractivity contribution in [1.29, 1.82) is 0 Å². The van der Waals surface area contributed by atoms with E-state index in [2.05, 4.69) is 11.8 Å². The first-order chi connectivity index (χ1) is 7.81. The number of benzene rings is 1. The van der Waals surface area contributed by atoms with E-state index in [4.69, 9.17) is 4.74 Å². The van der Waals surface area contributed by atoms with Crippen LogP contribution in [0.1, 0.15) is 35.7 Å². The van der Waals surface area contributed by atoms with Crippen molar-refractivity contribution in [2.24, 2.45) is 0 Å². The Morgan fingerprint density at radius 2 is 2.19 bits per heavy atom. The molecule has 16 heavy (non-hydrogen) atoms. The van der Waals surface area contributed by atoms with Crippen LogP contribution in [0.5, 0.6) is 5.75 Å².